The Morgan fingerprint density at radius 1 is 1.25 bits per heavy atom. The summed E-state index contributed by atoms with van der Waals surface area (Å²) in [5.74, 6) is 0. The van der Waals surface area contributed by atoms with Crippen molar-refractivity contribution in [3.8, 4) is 0 Å². The lowest BCUT2D eigenvalue weighted by molar-refractivity contribution is 0.701. The third-order valence-electron chi connectivity index (χ3n) is 2.28. The van der Waals surface area contributed by atoms with E-state index in [-0.39, 0.29) is 0 Å². The molecule has 2 heterocycles. The molecule has 0 amide bonds. The fourth-order valence-corrected chi connectivity index (χ4v) is 2.43. The molecule has 0 saturated carbocycles. The van der Waals surface area contributed by atoms with Gasteiger partial charge in [-0.05, 0) is 17.7 Å². The lowest BCUT2D eigenvalue weighted by atomic mass is 10.3. The van der Waals surface area contributed by atoms with Crippen molar-refractivity contribution in [2.75, 3.05) is 0 Å². The van der Waals surface area contributed by atoms with E-state index in [1.165, 1.54) is 11.3 Å². The average Bonchev–Trinajstić information content (AvgIpc) is 2.87. The lowest BCUT2D eigenvalue weighted by Crippen LogP contribution is -2.00. The van der Waals surface area contributed by atoms with Crippen molar-refractivity contribution in [1.82, 2.24) is 20.0 Å². The summed E-state index contributed by atoms with van der Waals surface area (Å²) in [7, 11) is 0. The minimum atomic E-state index is 0.464. The Hall–Kier alpha value is -1.46. The van der Waals surface area contributed by atoms with E-state index in [2.05, 4.69) is 15.3 Å². The van der Waals surface area contributed by atoms with Crippen molar-refractivity contribution in [2.45, 2.75) is 6.54 Å². The van der Waals surface area contributed by atoms with Crippen LogP contribution in [0.1, 0.15) is 5.01 Å². The topological polar surface area (TPSA) is 43.6 Å². The Morgan fingerprint density at radius 2 is 2.12 bits per heavy atom. The predicted octanol–water partition coefficient (Wildman–Crippen LogP) is 2.59. The van der Waals surface area contributed by atoms with Gasteiger partial charge in [0.15, 0.2) is 0 Å². The molecular formula is C10H7ClN4S. The minimum absolute atomic E-state index is 0.464. The van der Waals surface area contributed by atoms with E-state index in [0.29, 0.717) is 11.0 Å². The number of halogens is 1. The maximum atomic E-state index is 5.73. The van der Waals surface area contributed by atoms with Crippen molar-refractivity contribution in [3.63, 3.8) is 0 Å². The summed E-state index contributed by atoms with van der Waals surface area (Å²) in [4.78, 5) is 0. The third-order valence-corrected chi connectivity index (χ3v) is 3.28. The summed E-state index contributed by atoms with van der Waals surface area (Å²) < 4.78 is 2.36. The van der Waals surface area contributed by atoms with Crippen molar-refractivity contribution in [1.29, 1.82) is 0 Å². The summed E-state index contributed by atoms with van der Waals surface area (Å²) in [6.07, 6.45) is 1.85. The molecule has 0 atom stereocenters. The molecule has 16 heavy (non-hydrogen) atoms. The Balaban J connectivity index is 2.00. The predicted molar refractivity (Wildman–Crippen MR) is 63.8 cm³/mol. The van der Waals surface area contributed by atoms with Gasteiger partial charge in [0, 0.05) is 5.39 Å². The van der Waals surface area contributed by atoms with Crippen LogP contribution in [0, 0.1) is 0 Å². The highest BCUT2D eigenvalue weighted by molar-refractivity contribution is 7.15. The smallest absolute Gasteiger partial charge is 0.207 e. The summed E-state index contributed by atoms with van der Waals surface area (Å²) in [5, 5.41) is 14.0. The van der Waals surface area contributed by atoms with E-state index in [9.17, 15) is 0 Å². The van der Waals surface area contributed by atoms with Crippen LogP contribution in [0.15, 0.2) is 30.5 Å². The zero-order chi connectivity index (χ0) is 11.0. The van der Waals surface area contributed by atoms with Crippen LogP contribution in [-0.4, -0.2) is 20.0 Å². The molecule has 0 saturated heterocycles. The number of hydrogen-bond donors (Lipinski definition) is 0. The van der Waals surface area contributed by atoms with Crippen molar-refractivity contribution in [2.24, 2.45) is 0 Å². The maximum absolute atomic E-state index is 5.73. The normalized spacial score (nSPS) is 11.1. The lowest BCUT2D eigenvalue weighted by Gasteiger charge is -1.98. The highest BCUT2D eigenvalue weighted by Crippen LogP contribution is 2.18. The number of fused-ring (bicyclic) bond motifs is 1. The fraction of sp³-hybridized carbons (Fsp3) is 0.100. The first-order valence-electron chi connectivity index (χ1n) is 4.71. The second-order valence-corrected chi connectivity index (χ2v) is 4.95. The highest BCUT2D eigenvalue weighted by atomic mass is 35.5. The monoisotopic (exact) mass is 250 g/mol. The maximum Gasteiger partial charge on any atom is 0.207 e. The number of hydrogen-bond acceptors (Lipinski definition) is 4. The van der Waals surface area contributed by atoms with Crippen molar-refractivity contribution in [3.05, 3.63) is 39.9 Å². The van der Waals surface area contributed by atoms with Gasteiger partial charge in [-0.3, -0.25) is 4.68 Å². The molecular weight excluding hydrogens is 244 g/mol. The van der Waals surface area contributed by atoms with E-state index in [1.54, 1.807) is 0 Å². The molecule has 0 bridgehead atoms. The minimum Gasteiger partial charge on any atom is -0.258 e. The number of benzene rings is 1. The van der Waals surface area contributed by atoms with E-state index in [1.807, 2.05) is 35.1 Å². The van der Waals surface area contributed by atoms with E-state index in [0.717, 1.165) is 15.9 Å². The van der Waals surface area contributed by atoms with Crippen LogP contribution in [0.25, 0.3) is 10.9 Å². The molecule has 80 valence electrons. The van der Waals surface area contributed by atoms with Crippen LogP contribution < -0.4 is 0 Å². The first-order chi connectivity index (χ1) is 7.83. The van der Waals surface area contributed by atoms with E-state index < -0.39 is 0 Å². The molecule has 0 N–H and O–H groups in total. The van der Waals surface area contributed by atoms with Gasteiger partial charge in [-0.1, -0.05) is 29.5 Å². The standard InChI is InChI=1S/C10H7ClN4S/c11-10-14-13-9(16-10)6-15-8-4-2-1-3-7(8)5-12-15/h1-5H,6H2. The van der Waals surface area contributed by atoms with Crippen LogP contribution in [-0.2, 0) is 6.54 Å². The van der Waals surface area contributed by atoms with Gasteiger partial charge in [0.2, 0.25) is 4.47 Å². The van der Waals surface area contributed by atoms with E-state index >= 15 is 0 Å². The molecule has 0 unspecified atom stereocenters. The van der Waals surface area contributed by atoms with Gasteiger partial charge in [0.25, 0.3) is 0 Å². The van der Waals surface area contributed by atoms with Crippen LogP contribution >= 0.6 is 22.9 Å². The molecule has 0 radical (unpaired) electrons. The SMILES string of the molecule is Clc1nnc(Cn2ncc3ccccc32)s1. The zero-order valence-corrected chi connectivity index (χ0v) is 9.74. The summed E-state index contributed by atoms with van der Waals surface area (Å²) in [6.45, 7) is 0.609. The zero-order valence-electron chi connectivity index (χ0n) is 8.17. The Labute approximate surface area is 100 Å². The fourth-order valence-electron chi connectivity index (χ4n) is 1.58. The largest absolute Gasteiger partial charge is 0.258 e. The second-order valence-electron chi connectivity index (χ2n) is 3.31. The Morgan fingerprint density at radius 3 is 2.94 bits per heavy atom. The summed E-state index contributed by atoms with van der Waals surface area (Å²) in [6, 6.07) is 8.06. The van der Waals surface area contributed by atoms with Crippen molar-refractivity contribution >= 4 is 33.8 Å². The Bertz CT molecular complexity index is 630. The summed E-state index contributed by atoms with van der Waals surface area (Å²) >= 11 is 7.11. The molecule has 3 aromatic rings. The van der Waals surface area contributed by atoms with Gasteiger partial charge in [0.05, 0.1) is 18.3 Å². The highest BCUT2D eigenvalue weighted by Gasteiger charge is 2.06. The Kier molecular flexibility index (Phi) is 2.34. The molecule has 3 rings (SSSR count). The van der Waals surface area contributed by atoms with Gasteiger partial charge < -0.3 is 0 Å². The molecule has 2 aromatic heterocycles. The molecule has 0 spiro atoms. The van der Waals surface area contributed by atoms with Gasteiger partial charge in [0.1, 0.15) is 5.01 Å². The third kappa shape index (κ3) is 1.68. The van der Waals surface area contributed by atoms with Crippen molar-refractivity contribution < 1.29 is 0 Å². The van der Waals surface area contributed by atoms with E-state index in [4.69, 9.17) is 11.6 Å². The first-order valence-corrected chi connectivity index (χ1v) is 5.91. The summed E-state index contributed by atoms with van der Waals surface area (Å²) in [5.41, 5.74) is 1.09. The number of rotatable bonds is 2. The van der Waals surface area contributed by atoms with Crippen LogP contribution in [0.4, 0.5) is 0 Å². The van der Waals surface area contributed by atoms with Gasteiger partial charge in [-0.15, -0.1) is 10.2 Å². The quantitative estimate of drug-likeness (QED) is 0.702. The first kappa shape index (κ1) is 9.74. The number of aromatic nitrogens is 4. The van der Waals surface area contributed by atoms with Crippen LogP contribution in [0.2, 0.25) is 4.47 Å². The van der Waals surface area contributed by atoms with Crippen LogP contribution in [0.3, 0.4) is 0 Å². The molecule has 0 aliphatic heterocycles. The average molecular weight is 251 g/mol. The van der Waals surface area contributed by atoms with Gasteiger partial charge in [-0.25, -0.2) is 0 Å². The number of para-hydroxylation sites is 1. The molecule has 4 nitrogen and oxygen atoms in total. The van der Waals surface area contributed by atoms with Crippen LogP contribution in [0.5, 0.6) is 0 Å². The second kappa shape index (κ2) is 3.84. The van der Waals surface area contributed by atoms with Gasteiger partial charge >= 0.3 is 0 Å². The molecule has 6 heteroatoms. The number of nitrogens with zero attached hydrogens (tertiary/aromatic N) is 4. The molecule has 0 aliphatic carbocycles. The molecule has 0 fully saturated rings. The molecule has 0 aliphatic rings. The molecule has 1 aromatic carbocycles. The van der Waals surface area contributed by atoms with Gasteiger partial charge in [-0.2, -0.15) is 5.10 Å².